The first-order chi connectivity index (χ1) is 8.72. The lowest BCUT2D eigenvalue weighted by Crippen LogP contribution is -2.08. The van der Waals surface area contributed by atoms with Crippen molar-refractivity contribution in [1.82, 2.24) is 19.7 Å². The Bertz CT molecular complexity index is 499. The van der Waals surface area contributed by atoms with Crippen LogP contribution in [-0.2, 0) is 6.42 Å². The highest BCUT2D eigenvalue weighted by Gasteiger charge is 2.06. The molecule has 5 nitrogen and oxygen atoms in total. The fourth-order valence-electron chi connectivity index (χ4n) is 1.63. The van der Waals surface area contributed by atoms with Crippen LogP contribution in [0.15, 0.2) is 18.5 Å². The summed E-state index contributed by atoms with van der Waals surface area (Å²) in [5, 5.41) is 7.51. The SMILES string of the molecule is CCCc1nc(NCC)cc(-n2cc(I)cn2)n1. The molecule has 18 heavy (non-hydrogen) atoms. The van der Waals surface area contributed by atoms with Gasteiger partial charge in [-0.15, -0.1) is 0 Å². The van der Waals surface area contributed by atoms with Crippen LogP contribution in [0.1, 0.15) is 26.1 Å². The van der Waals surface area contributed by atoms with E-state index >= 15 is 0 Å². The molecule has 1 N–H and O–H groups in total. The molecule has 6 heteroatoms. The van der Waals surface area contributed by atoms with Crippen molar-refractivity contribution in [3.63, 3.8) is 0 Å². The van der Waals surface area contributed by atoms with E-state index in [0.717, 1.165) is 40.4 Å². The highest BCUT2D eigenvalue weighted by molar-refractivity contribution is 14.1. The van der Waals surface area contributed by atoms with Crippen LogP contribution in [-0.4, -0.2) is 26.3 Å². The van der Waals surface area contributed by atoms with Gasteiger partial charge in [-0.1, -0.05) is 6.92 Å². The quantitative estimate of drug-likeness (QED) is 0.836. The molecule has 0 spiro atoms. The van der Waals surface area contributed by atoms with Crippen molar-refractivity contribution >= 4 is 28.4 Å². The molecule has 0 saturated carbocycles. The molecule has 0 fully saturated rings. The Balaban J connectivity index is 2.39. The van der Waals surface area contributed by atoms with Gasteiger partial charge in [-0.25, -0.2) is 14.6 Å². The summed E-state index contributed by atoms with van der Waals surface area (Å²) in [5.41, 5.74) is 0. The number of rotatable bonds is 5. The molecule has 2 aromatic heterocycles. The summed E-state index contributed by atoms with van der Waals surface area (Å²) >= 11 is 2.24. The van der Waals surface area contributed by atoms with Gasteiger partial charge < -0.3 is 5.32 Å². The third-order valence-corrected chi connectivity index (χ3v) is 2.93. The summed E-state index contributed by atoms with van der Waals surface area (Å²) in [4.78, 5) is 9.01. The Hall–Kier alpha value is -1.18. The Morgan fingerprint density at radius 2 is 2.17 bits per heavy atom. The van der Waals surface area contributed by atoms with E-state index in [0.29, 0.717) is 0 Å². The Morgan fingerprint density at radius 1 is 1.33 bits per heavy atom. The van der Waals surface area contributed by atoms with Crippen LogP contribution in [0.2, 0.25) is 0 Å². The molecule has 0 atom stereocenters. The van der Waals surface area contributed by atoms with Crippen LogP contribution in [0.25, 0.3) is 5.82 Å². The Kier molecular flexibility index (Phi) is 4.51. The zero-order valence-corrected chi connectivity index (χ0v) is 12.7. The lowest BCUT2D eigenvalue weighted by atomic mass is 10.3. The van der Waals surface area contributed by atoms with Gasteiger partial charge in [-0.2, -0.15) is 5.10 Å². The first-order valence-corrected chi connectivity index (χ1v) is 7.13. The number of anilines is 1. The lowest BCUT2D eigenvalue weighted by molar-refractivity contribution is 0.785. The molecular weight excluding hydrogens is 341 g/mol. The lowest BCUT2D eigenvalue weighted by Gasteiger charge is -2.08. The topological polar surface area (TPSA) is 55.6 Å². The zero-order chi connectivity index (χ0) is 13.0. The third-order valence-electron chi connectivity index (χ3n) is 2.38. The van der Waals surface area contributed by atoms with E-state index in [9.17, 15) is 0 Å². The smallest absolute Gasteiger partial charge is 0.159 e. The second kappa shape index (κ2) is 6.12. The monoisotopic (exact) mass is 357 g/mol. The molecule has 0 aromatic carbocycles. The number of hydrogen-bond acceptors (Lipinski definition) is 4. The third kappa shape index (κ3) is 3.18. The van der Waals surface area contributed by atoms with Gasteiger partial charge in [-0.05, 0) is 35.9 Å². The van der Waals surface area contributed by atoms with E-state index in [4.69, 9.17) is 0 Å². The fraction of sp³-hybridized carbons (Fsp3) is 0.417. The van der Waals surface area contributed by atoms with E-state index in [-0.39, 0.29) is 0 Å². The molecule has 0 amide bonds. The van der Waals surface area contributed by atoms with Crippen LogP contribution < -0.4 is 5.32 Å². The normalized spacial score (nSPS) is 10.6. The van der Waals surface area contributed by atoms with Crippen LogP contribution in [0, 0.1) is 3.57 Å². The Labute approximate surface area is 120 Å². The summed E-state index contributed by atoms with van der Waals surface area (Å²) < 4.78 is 2.87. The number of nitrogens with one attached hydrogen (secondary N) is 1. The van der Waals surface area contributed by atoms with Gasteiger partial charge in [0, 0.05) is 25.2 Å². The molecule has 0 unspecified atom stereocenters. The molecule has 2 heterocycles. The highest BCUT2D eigenvalue weighted by Crippen LogP contribution is 2.13. The first-order valence-electron chi connectivity index (χ1n) is 6.05. The van der Waals surface area contributed by atoms with Crippen molar-refractivity contribution in [1.29, 1.82) is 0 Å². The van der Waals surface area contributed by atoms with E-state index in [2.05, 4.69) is 56.8 Å². The maximum absolute atomic E-state index is 4.53. The number of halogens is 1. The maximum Gasteiger partial charge on any atom is 0.159 e. The van der Waals surface area contributed by atoms with Gasteiger partial charge in [0.1, 0.15) is 11.6 Å². The van der Waals surface area contributed by atoms with Gasteiger partial charge in [0.15, 0.2) is 5.82 Å². The number of aryl methyl sites for hydroxylation is 1. The predicted octanol–water partition coefficient (Wildman–Crippen LogP) is 2.65. The first kappa shape index (κ1) is 13.3. The average Bonchev–Trinajstić information content (AvgIpc) is 2.76. The summed E-state index contributed by atoms with van der Waals surface area (Å²) in [6, 6.07) is 1.92. The molecule has 2 rings (SSSR count). The minimum Gasteiger partial charge on any atom is -0.370 e. The van der Waals surface area contributed by atoms with Crippen molar-refractivity contribution in [2.75, 3.05) is 11.9 Å². The second-order valence-electron chi connectivity index (χ2n) is 3.91. The highest BCUT2D eigenvalue weighted by atomic mass is 127. The van der Waals surface area contributed by atoms with Crippen molar-refractivity contribution in [3.8, 4) is 5.82 Å². The molecule has 0 aliphatic heterocycles. The van der Waals surface area contributed by atoms with Crippen LogP contribution in [0.5, 0.6) is 0 Å². The largest absolute Gasteiger partial charge is 0.370 e. The summed E-state index contributed by atoms with van der Waals surface area (Å²) in [6.07, 6.45) is 5.68. The van der Waals surface area contributed by atoms with Gasteiger partial charge in [0.05, 0.1) is 9.77 Å². The van der Waals surface area contributed by atoms with E-state index in [1.54, 1.807) is 4.68 Å². The fourth-order valence-corrected chi connectivity index (χ4v) is 2.02. The minimum absolute atomic E-state index is 0.812. The summed E-state index contributed by atoms with van der Waals surface area (Å²) in [6.45, 7) is 5.02. The standard InChI is InChI=1S/C12H16IN5/c1-3-5-10-16-11(14-4-2)6-12(17-10)18-8-9(13)7-15-18/h6-8H,3-5H2,1-2H3,(H,14,16,17). The summed E-state index contributed by atoms with van der Waals surface area (Å²) in [5.74, 6) is 2.53. The molecule has 0 aliphatic rings. The van der Waals surface area contributed by atoms with Crippen molar-refractivity contribution in [2.24, 2.45) is 0 Å². The summed E-state index contributed by atoms with van der Waals surface area (Å²) in [7, 11) is 0. The van der Waals surface area contributed by atoms with Crippen molar-refractivity contribution in [3.05, 3.63) is 27.9 Å². The van der Waals surface area contributed by atoms with Gasteiger partial charge in [-0.3, -0.25) is 0 Å². The maximum atomic E-state index is 4.53. The number of nitrogens with zero attached hydrogens (tertiary/aromatic N) is 4. The second-order valence-corrected chi connectivity index (χ2v) is 5.16. The molecule has 0 bridgehead atoms. The van der Waals surface area contributed by atoms with Gasteiger partial charge >= 0.3 is 0 Å². The van der Waals surface area contributed by atoms with Gasteiger partial charge in [0.25, 0.3) is 0 Å². The average molecular weight is 357 g/mol. The van der Waals surface area contributed by atoms with Crippen LogP contribution in [0.3, 0.4) is 0 Å². The molecule has 0 radical (unpaired) electrons. The molecule has 0 aliphatic carbocycles. The molecule has 0 saturated heterocycles. The van der Waals surface area contributed by atoms with E-state index in [1.165, 1.54) is 0 Å². The molecule has 2 aromatic rings. The van der Waals surface area contributed by atoms with Crippen molar-refractivity contribution in [2.45, 2.75) is 26.7 Å². The molecule has 96 valence electrons. The van der Waals surface area contributed by atoms with Crippen LogP contribution in [0.4, 0.5) is 5.82 Å². The van der Waals surface area contributed by atoms with Crippen LogP contribution >= 0.6 is 22.6 Å². The number of hydrogen-bond donors (Lipinski definition) is 1. The Morgan fingerprint density at radius 3 is 2.78 bits per heavy atom. The number of aromatic nitrogens is 4. The minimum atomic E-state index is 0.812. The van der Waals surface area contributed by atoms with Crippen molar-refractivity contribution < 1.29 is 0 Å². The van der Waals surface area contributed by atoms with Gasteiger partial charge in [0.2, 0.25) is 0 Å². The van der Waals surface area contributed by atoms with E-state index < -0.39 is 0 Å². The molecular formula is C12H16IN5. The zero-order valence-electron chi connectivity index (χ0n) is 10.5. The van der Waals surface area contributed by atoms with E-state index in [1.807, 2.05) is 18.5 Å². The predicted molar refractivity (Wildman–Crippen MR) is 80.0 cm³/mol.